The van der Waals surface area contributed by atoms with Gasteiger partial charge in [-0.3, -0.25) is 0 Å². The fourth-order valence-electron chi connectivity index (χ4n) is 0.629. The molecule has 18 heavy (non-hydrogen) atoms. The quantitative estimate of drug-likeness (QED) is 0.900. The fraction of sp³-hybridized carbons (Fsp3) is 0.417. The number of aliphatic carboxylic acids is 1. The lowest BCUT2D eigenvalue weighted by Gasteiger charge is -1.90. The van der Waals surface area contributed by atoms with E-state index in [1.54, 1.807) is 19.1 Å². The summed E-state index contributed by atoms with van der Waals surface area (Å²) in [7, 11) is 3.75. The maximum Gasteiger partial charge on any atom is 0.329 e. The van der Waals surface area contributed by atoms with Crippen LogP contribution >= 0.6 is 23.2 Å². The van der Waals surface area contributed by atoms with Crippen LogP contribution in [0.3, 0.4) is 0 Å². The molecule has 1 aromatic carbocycles. The average Bonchev–Trinajstić information content (AvgIpc) is 2.32. The molecule has 0 saturated carbocycles. The monoisotopic (exact) mass is 295 g/mol. The smallest absolute Gasteiger partial charge is 0.329 e. The molecule has 0 bridgehead atoms. The van der Waals surface area contributed by atoms with Crippen LogP contribution in [0.5, 0.6) is 0 Å². The number of rotatable bonds is 3. The van der Waals surface area contributed by atoms with Gasteiger partial charge in [-0.15, -0.1) is 0 Å². The third kappa shape index (κ3) is 15.2. The van der Waals surface area contributed by atoms with E-state index < -0.39 is 5.97 Å². The van der Waals surface area contributed by atoms with E-state index in [0.29, 0.717) is 16.7 Å². The number of nitrogens with one attached hydrogen (secondary N) is 1. The first-order valence-corrected chi connectivity index (χ1v) is 6.03. The Morgan fingerprint density at radius 1 is 1.28 bits per heavy atom. The van der Waals surface area contributed by atoms with Crippen molar-refractivity contribution >= 4 is 29.2 Å². The molecule has 0 unspecified atom stereocenters. The van der Waals surface area contributed by atoms with Gasteiger partial charge in [-0.2, -0.15) is 0 Å². The molecule has 0 aliphatic rings. The van der Waals surface area contributed by atoms with E-state index in [2.05, 4.69) is 10.1 Å². The molecule has 4 nitrogen and oxygen atoms in total. The molecule has 0 fully saturated rings. The summed E-state index contributed by atoms with van der Waals surface area (Å²) in [6.45, 7) is 2.03. The number of carbonyl (C=O) groups is 1. The van der Waals surface area contributed by atoms with Crippen LogP contribution in [0.2, 0.25) is 10.0 Å². The number of hydrogen-bond acceptors (Lipinski definition) is 3. The standard InChI is InChI=1S/C6H4Cl2.C4H8O3.C2H7N/c7-5-3-1-2-4-6(5)8;1-2-7-3-4(5)6;1-3-2/h1-4H;2-3H2,1H3,(H,5,6);3H,1-2H3. The molecule has 1 aromatic rings. The molecule has 0 aliphatic carbocycles. The third-order valence-corrected chi connectivity index (χ3v) is 2.01. The second-order valence-corrected chi connectivity index (χ2v) is 3.76. The number of carboxylic acids is 1. The van der Waals surface area contributed by atoms with Crippen molar-refractivity contribution in [1.82, 2.24) is 5.32 Å². The summed E-state index contributed by atoms with van der Waals surface area (Å²) in [4.78, 5) is 9.63. The Labute approximate surface area is 118 Å². The summed E-state index contributed by atoms with van der Waals surface area (Å²) in [5, 5.41) is 11.9. The molecule has 0 amide bonds. The molecule has 0 spiro atoms. The first-order chi connectivity index (χ1) is 8.49. The molecule has 6 heteroatoms. The van der Waals surface area contributed by atoms with Gasteiger partial charge >= 0.3 is 5.97 Å². The first-order valence-electron chi connectivity index (χ1n) is 5.27. The Balaban J connectivity index is 0. The minimum absolute atomic E-state index is 0.184. The predicted octanol–water partition coefficient (Wildman–Crippen LogP) is 2.94. The lowest BCUT2D eigenvalue weighted by Crippen LogP contribution is -2.05. The second-order valence-electron chi connectivity index (χ2n) is 2.94. The Hall–Kier alpha value is -0.810. The number of benzene rings is 1. The normalized spacial score (nSPS) is 8.50. The van der Waals surface area contributed by atoms with Crippen LogP contribution in [0, 0.1) is 0 Å². The zero-order valence-corrected chi connectivity index (χ0v) is 12.3. The fourth-order valence-corrected chi connectivity index (χ4v) is 0.900. The van der Waals surface area contributed by atoms with Gasteiger partial charge in [0.2, 0.25) is 0 Å². The highest BCUT2D eigenvalue weighted by atomic mass is 35.5. The minimum atomic E-state index is -0.915. The first kappa shape index (κ1) is 19.5. The van der Waals surface area contributed by atoms with E-state index in [0.717, 1.165) is 0 Å². The third-order valence-electron chi connectivity index (χ3n) is 1.25. The molecule has 0 aliphatic heterocycles. The van der Waals surface area contributed by atoms with Gasteiger partial charge in [0.1, 0.15) is 6.61 Å². The van der Waals surface area contributed by atoms with Crippen LogP contribution in [0.4, 0.5) is 0 Å². The predicted molar refractivity (Wildman–Crippen MR) is 75.6 cm³/mol. The van der Waals surface area contributed by atoms with Gasteiger partial charge in [-0.25, -0.2) is 4.79 Å². The zero-order valence-electron chi connectivity index (χ0n) is 10.7. The van der Waals surface area contributed by atoms with E-state index in [-0.39, 0.29) is 6.61 Å². The summed E-state index contributed by atoms with van der Waals surface area (Å²) in [5.41, 5.74) is 0. The lowest BCUT2D eigenvalue weighted by atomic mass is 10.4. The molecular weight excluding hydrogens is 277 g/mol. The number of hydrogen-bond donors (Lipinski definition) is 2. The largest absolute Gasteiger partial charge is 0.480 e. The second kappa shape index (κ2) is 14.3. The van der Waals surface area contributed by atoms with Crippen LogP contribution in [0.15, 0.2) is 24.3 Å². The van der Waals surface area contributed by atoms with Crippen molar-refractivity contribution in [2.75, 3.05) is 27.3 Å². The minimum Gasteiger partial charge on any atom is -0.480 e. The highest BCUT2D eigenvalue weighted by Gasteiger charge is 1.90. The summed E-state index contributed by atoms with van der Waals surface area (Å²) >= 11 is 11.2. The van der Waals surface area contributed by atoms with Crippen molar-refractivity contribution in [2.45, 2.75) is 6.92 Å². The molecule has 104 valence electrons. The van der Waals surface area contributed by atoms with Crippen LogP contribution in [0.25, 0.3) is 0 Å². The SMILES string of the molecule is CCOCC(=O)O.CNC.Clc1ccccc1Cl. The Morgan fingerprint density at radius 2 is 1.67 bits per heavy atom. The Kier molecular flexibility index (Phi) is 15.5. The van der Waals surface area contributed by atoms with E-state index in [1.165, 1.54) is 0 Å². The van der Waals surface area contributed by atoms with Crippen molar-refractivity contribution in [3.05, 3.63) is 34.3 Å². The van der Waals surface area contributed by atoms with E-state index in [1.807, 2.05) is 26.2 Å². The molecule has 0 atom stereocenters. The summed E-state index contributed by atoms with van der Waals surface area (Å²) in [6, 6.07) is 7.19. The topological polar surface area (TPSA) is 58.6 Å². The molecular formula is C12H19Cl2NO3. The van der Waals surface area contributed by atoms with Crippen LogP contribution < -0.4 is 5.32 Å². The van der Waals surface area contributed by atoms with Gasteiger partial charge < -0.3 is 15.2 Å². The Bertz CT molecular complexity index is 301. The number of halogens is 2. The maximum atomic E-state index is 9.63. The van der Waals surface area contributed by atoms with Crippen molar-refractivity contribution in [3.63, 3.8) is 0 Å². The van der Waals surface area contributed by atoms with Crippen molar-refractivity contribution < 1.29 is 14.6 Å². The number of carboxylic acid groups (broad SMARTS) is 1. The highest BCUT2D eigenvalue weighted by Crippen LogP contribution is 2.19. The zero-order chi connectivity index (χ0) is 14.4. The molecule has 0 heterocycles. The van der Waals surface area contributed by atoms with Crippen LogP contribution in [-0.4, -0.2) is 38.4 Å². The van der Waals surface area contributed by atoms with Gasteiger partial charge in [-0.1, -0.05) is 35.3 Å². The Morgan fingerprint density at radius 3 is 1.83 bits per heavy atom. The van der Waals surface area contributed by atoms with Gasteiger partial charge in [0.05, 0.1) is 10.0 Å². The molecule has 0 radical (unpaired) electrons. The van der Waals surface area contributed by atoms with E-state index in [4.69, 9.17) is 28.3 Å². The van der Waals surface area contributed by atoms with Crippen molar-refractivity contribution in [1.29, 1.82) is 0 Å². The molecule has 0 aromatic heterocycles. The van der Waals surface area contributed by atoms with Gasteiger partial charge in [0.15, 0.2) is 0 Å². The summed E-state index contributed by atoms with van der Waals surface area (Å²) in [6.07, 6.45) is 0. The highest BCUT2D eigenvalue weighted by molar-refractivity contribution is 6.41. The lowest BCUT2D eigenvalue weighted by molar-refractivity contribution is -0.142. The van der Waals surface area contributed by atoms with Crippen LogP contribution in [0.1, 0.15) is 6.92 Å². The van der Waals surface area contributed by atoms with Crippen molar-refractivity contribution in [2.24, 2.45) is 0 Å². The maximum absolute atomic E-state index is 9.63. The number of ether oxygens (including phenoxy) is 1. The van der Waals surface area contributed by atoms with Gasteiger partial charge in [-0.05, 0) is 33.2 Å². The van der Waals surface area contributed by atoms with Gasteiger partial charge in [0, 0.05) is 6.61 Å². The molecule has 0 saturated heterocycles. The average molecular weight is 296 g/mol. The van der Waals surface area contributed by atoms with E-state index in [9.17, 15) is 4.79 Å². The van der Waals surface area contributed by atoms with E-state index >= 15 is 0 Å². The summed E-state index contributed by atoms with van der Waals surface area (Å²) in [5.74, 6) is -0.915. The summed E-state index contributed by atoms with van der Waals surface area (Å²) < 4.78 is 4.50. The van der Waals surface area contributed by atoms with Crippen molar-refractivity contribution in [3.8, 4) is 0 Å². The molecule has 1 rings (SSSR count). The van der Waals surface area contributed by atoms with Crippen LogP contribution in [-0.2, 0) is 9.53 Å². The molecule has 2 N–H and O–H groups in total. The van der Waals surface area contributed by atoms with Gasteiger partial charge in [0.25, 0.3) is 0 Å².